The van der Waals surface area contributed by atoms with E-state index < -0.39 is 6.61 Å². The number of nitrogens with one attached hydrogen (secondary N) is 1. The molecule has 76 valence electrons. The number of carbonyl (C=O) groups excluding carboxylic acids is 1. The van der Waals surface area contributed by atoms with E-state index in [1.54, 1.807) is 13.0 Å². The number of carbonyl (C=O) groups is 1. The van der Waals surface area contributed by atoms with Gasteiger partial charge in [-0.2, -0.15) is 8.78 Å². The number of halogens is 2. The van der Waals surface area contributed by atoms with Gasteiger partial charge in [0.1, 0.15) is 5.75 Å². The van der Waals surface area contributed by atoms with E-state index in [1.807, 2.05) is 0 Å². The van der Waals surface area contributed by atoms with Crippen LogP contribution in [0.1, 0.15) is 5.56 Å². The molecular formula is C9H9F2NO2. The second-order valence-electron chi connectivity index (χ2n) is 2.64. The van der Waals surface area contributed by atoms with Crippen molar-refractivity contribution >= 4 is 12.1 Å². The lowest BCUT2D eigenvalue weighted by atomic mass is 10.2. The lowest BCUT2D eigenvalue weighted by Gasteiger charge is -2.09. The van der Waals surface area contributed by atoms with Gasteiger partial charge >= 0.3 is 6.61 Å². The van der Waals surface area contributed by atoms with Crippen molar-refractivity contribution in [2.75, 3.05) is 5.32 Å². The highest BCUT2D eigenvalue weighted by molar-refractivity contribution is 5.75. The number of benzene rings is 1. The SMILES string of the molecule is Cc1ccc(NC=O)c(OC(F)F)c1. The third kappa shape index (κ3) is 2.69. The van der Waals surface area contributed by atoms with Crippen LogP contribution in [0.15, 0.2) is 18.2 Å². The lowest BCUT2D eigenvalue weighted by molar-refractivity contribution is -0.105. The second-order valence-corrected chi connectivity index (χ2v) is 2.64. The molecule has 0 spiro atoms. The first-order valence-electron chi connectivity index (χ1n) is 3.89. The minimum Gasteiger partial charge on any atom is -0.433 e. The molecule has 1 N–H and O–H groups in total. The zero-order valence-corrected chi connectivity index (χ0v) is 7.46. The molecule has 3 nitrogen and oxygen atoms in total. The number of alkyl halides is 2. The first-order chi connectivity index (χ1) is 6.63. The van der Waals surface area contributed by atoms with Crippen molar-refractivity contribution in [2.45, 2.75) is 13.5 Å². The average Bonchev–Trinajstić information content (AvgIpc) is 2.09. The van der Waals surface area contributed by atoms with Gasteiger partial charge in [0.2, 0.25) is 6.41 Å². The van der Waals surface area contributed by atoms with Crippen LogP contribution < -0.4 is 10.1 Å². The van der Waals surface area contributed by atoms with Gasteiger partial charge in [-0.15, -0.1) is 0 Å². The molecule has 0 unspecified atom stereocenters. The number of hydrogen-bond donors (Lipinski definition) is 1. The predicted octanol–water partition coefficient (Wildman–Crippen LogP) is 2.16. The Kier molecular flexibility index (Phi) is 3.39. The van der Waals surface area contributed by atoms with Crippen molar-refractivity contribution < 1.29 is 18.3 Å². The van der Waals surface area contributed by atoms with Crippen LogP contribution in [0, 0.1) is 6.92 Å². The molecule has 0 fully saturated rings. The van der Waals surface area contributed by atoms with Crippen LogP contribution >= 0.6 is 0 Å². The fraction of sp³-hybridized carbons (Fsp3) is 0.222. The fourth-order valence-electron chi connectivity index (χ4n) is 1.01. The molecule has 0 aliphatic carbocycles. The van der Waals surface area contributed by atoms with E-state index >= 15 is 0 Å². The average molecular weight is 201 g/mol. The van der Waals surface area contributed by atoms with E-state index in [1.165, 1.54) is 12.1 Å². The Morgan fingerprint density at radius 3 is 2.79 bits per heavy atom. The van der Waals surface area contributed by atoms with Gasteiger partial charge in [-0.3, -0.25) is 4.79 Å². The summed E-state index contributed by atoms with van der Waals surface area (Å²) in [4.78, 5) is 10.1. The van der Waals surface area contributed by atoms with Crippen LogP contribution in [0.3, 0.4) is 0 Å². The van der Waals surface area contributed by atoms with E-state index in [0.29, 0.717) is 6.41 Å². The summed E-state index contributed by atoms with van der Waals surface area (Å²) in [5.41, 5.74) is 1.00. The van der Waals surface area contributed by atoms with Gasteiger partial charge in [0.05, 0.1) is 5.69 Å². The van der Waals surface area contributed by atoms with Crippen LogP contribution in [0.4, 0.5) is 14.5 Å². The number of anilines is 1. The summed E-state index contributed by atoms with van der Waals surface area (Å²) in [6.45, 7) is -1.16. The van der Waals surface area contributed by atoms with Crippen LogP contribution in [0.25, 0.3) is 0 Å². The van der Waals surface area contributed by atoms with E-state index in [4.69, 9.17) is 0 Å². The third-order valence-corrected chi connectivity index (χ3v) is 1.57. The van der Waals surface area contributed by atoms with E-state index in [9.17, 15) is 13.6 Å². The minimum absolute atomic E-state index is 0.0351. The Labute approximate surface area is 79.7 Å². The first-order valence-corrected chi connectivity index (χ1v) is 3.89. The number of hydrogen-bond acceptors (Lipinski definition) is 2. The van der Waals surface area contributed by atoms with Crippen LogP contribution in [-0.4, -0.2) is 13.0 Å². The quantitative estimate of drug-likeness (QED) is 0.758. The standard InChI is InChI=1S/C9H9F2NO2/c1-6-2-3-7(12-5-13)8(4-6)14-9(10)11/h2-5,9H,1H3,(H,12,13). The molecule has 0 radical (unpaired) electrons. The maximum atomic E-state index is 11.9. The fourth-order valence-corrected chi connectivity index (χ4v) is 1.01. The zero-order valence-electron chi connectivity index (χ0n) is 7.46. The number of aryl methyl sites for hydroxylation is 1. The molecule has 14 heavy (non-hydrogen) atoms. The summed E-state index contributed by atoms with van der Waals surface area (Å²) in [6, 6.07) is 4.61. The lowest BCUT2D eigenvalue weighted by Crippen LogP contribution is -2.05. The number of rotatable bonds is 4. The van der Waals surface area contributed by atoms with E-state index in [2.05, 4.69) is 10.1 Å². The summed E-state index contributed by atoms with van der Waals surface area (Å²) in [6.07, 6.45) is 0.406. The molecule has 0 aromatic heterocycles. The number of ether oxygens (including phenoxy) is 1. The molecule has 0 bridgehead atoms. The third-order valence-electron chi connectivity index (χ3n) is 1.57. The van der Waals surface area contributed by atoms with Gasteiger partial charge < -0.3 is 10.1 Å². The zero-order chi connectivity index (χ0) is 10.6. The Morgan fingerprint density at radius 1 is 1.50 bits per heavy atom. The Bertz CT molecular complexity index is 329. The van der Waals surface area contributed by atoms with Crippen LogP contribution in [0.5, 0.6) is 5.75 Å². The monoisotopic (exact) mass is 201 g/mol. The van der Waals surface area contributed by atoms with Crippen molar-refractivity contribution in [2.24, 2.45) is 0 Å². The Hall–Kier alpha value is -1.65. The maximum absolute atomic E-state index is 11.9. The highest BCUT2D eigenvalue weighted by atomic mass is 19.3. The molecular weight excluding hydrogens is 192 g/mol. The molecule has 0 saturated carbocycles. The van der Waals surface area contributed by atoms with Gasteiger partial charge in [0, 0.05) is 0 Å². The largest absolute Gasteiger partial charge is 0.433 e. The molecule has 1 amide bonds. The maximum Gasteiger partial charge on any atom is 0.387 e. The molecule has 1 rings (SSSR count). The molecule has 5 heteroatoms. The van der Waals surface area contributed by atoms with Crippen LogP contribution in [0.2, 0.25) is 0 Å². The predicted molar refractivity (Wildman–Crippen MR) is 47.5 cm³/mol. The van der Waals surface area contributed by atoms with Gasteiger partial charge in [-0.25, -0.2) is 0 Å². The number of amides is 1. The summed E-state index contributed by atoms with van der Waals surface area (Å²) >= 11 is 0. The first kappa shape index (κ1) is 10.4. The van der Waals surface area contributed by atoms with Gasteiger partial charge in [-0.05, 0) is 24.6 Å². The van der Waals surface area contributed by atoms with Gasteiger partial charge in [0.15, 0.2) is 0 Å². The molecule has 0 aliphatic heterocycles. The van der Waals surface area contributed by atoms with Crippen molar-refractivity contribution in [3.8, 4) is 5.75 Å². The van der Waals surface area contributed by atoms with E-state index in [-0.39, 0.29) is 11.4 Å². The smallest absolute Gasteiger partial charge is 0.387 e. The van der Waals surface area contributed by atoms with E-state index in [0.717, 1.165) is 5.56 Å². The Balaban J connectivity index is 2.96. The molecule has 1 aromatic rings. The van der Waals surface area contributed by atoms with Crippen molar-refractivity contribution in [1.29, 1.82) is 0 Å². The van der Waals surface area contributed by atoms with Crippen LogP contribution in [-0.2, 0) is 4.79 Å². The summed E-state index contributed by atoms with van der Waals surface area (Å²) < 4.78 is 28.1. The normalized spacial score (nSPS) is 10.0. The Morgan fingerprint density at radius 2 is 2.21 bits per heavy atom. The molecule has 0 saturated heterocycles. The topological polar surface area (TPSA) is 38.3 Å². The van der Waals surface area contributed by atoms with Gasteiger partial charge in [-0.1, -0.05) is 6.07 Å². The van der Waals surface area contributed by atoms with Crippen molar-refractivity contribution in [3.05, 3.63) is 23.8 Å². The summed E-state index contributed by atoms with van der Waals surface area (Å²) in [5.74, 6) is -0.0351. The minimum atomic E-state index is -2.90. The molecule has 0 heterocycles. The summed E-state index contributed by atoms with van der Waals surface area (Å²) in [5, 5.41) is 2.27. The van der Waals surface area contributed by atoms with Gasteiger partial charge in [0.25, 0.3) is 0 Å². The molecule has 1 aromatic carbocycles. The summed E-state index contributed by atoms with van der Waals surface area (Å²) in [7, 11) is 0. The molecule has 0 aliphatic rings. The second kappa shape index (κ2) is 4.55. The highest BCUT2D eigenvalue weighted by Crippen LogP contribution is 2.26. The molecule has 0 atom stereocenters. The van der Waals surface area contributed by atoms with Crippen molar-refractivity contribution in [3.63, 3.8) is 0 Å². The van der Waals surface area contributed by atoms with Crippen molar-refractivity contribution in [1.82, 2.24) is 0 Å². The highest BCUT2D eigenvalue weighted by Gasteiger charge is 2.09.